The van der Waals surface area contributed by atoms with Crippen molar-refractivity contribution in [3.8, 4) is 11.1 Å². The van der Waals surface area contributed by atoms with Crippen molar-refractivity contribution >= 4 is 40.6 Å². The molecule has 0 atom stereocenters. The van der Waals surface area contributed by atoms with Gasteiger partial charge < -0.3 is 5.73 Å². The molecule has 1 amide bonds. The Morgan fingerprint density at radius 1 is 1.08 bits per heavy atom. The topological polar surface area (TPSA) is 110 Å². The largest absolute Gasteiger partial charge is 0.325 e. The molecule has 3 heterocycles. The molecule has 7 rings (SSSR count). The van der Waals surface area contributed by atoms with Crippen LogP contribution in [0.1, 0.15) is 67.7 Å². The maximum atomic E-state index is 14.5. The molecule has 2 aromatic carbocycles. The third-order valence-electron chi connectivity index (χ3n) is 8.63. The summed E-state index contributed by atoms with van der Waals surface area (Å²) in [5.41, 5.74) is 11.1. The minimum Gasteiger partial charge on any atom is -0.325 e. The van der Waals surface area contributed by atoms with Crippen molar-refractivity contribution in [1.29, 1.82) is 0 Å². The zero-order valence-electron chi connectivity index (χ0n) is 21.4. The number of carbonyl (C=O) groups is 1. The molecule has 3 N–H and O–H groups in total. The number of nitrogens with zero attached hydrogens (tertiary/aromatic N) is 4. The van der Waals surface area contributed by atoms with Crippen LogP contribution in [0, 0.1) is 0 Å². The number of aromatic amines is 1. The molecule has 9 heteroatoms. The molecule has 4 aromatic rings. The fourth-order valence-corrected chi connectivity index (χ4v) is 6.63. The lowest BCUT2D eigenvalue weighted by Gasteiger charge is -2.32. The van der Waals surface area contributed by atoms with Gasteiger partial charge in [0, 0.05) is 24.5 Å². The summed E-state index contributed by atoms with van der Waals surface area (Å²) in [6.07, 6.45) is 9.24. The van der Waals surface area contributed by atoms with Crippen LogP contribution in [0.3, 0.4) is 0 Å². The Kier molecular flexibility index (Phi) is 5.92. The number of carbonyl (C=O) groups excluding carboxylic acids is 1. The van der Waals surface area contributed by atoms with Gasteiger partial charge in [0.05, 0.1) is 28.4 Å². The van der Waals surface area contributed by atoms with Crippen LogP contribution in [0.5, 0.6) is 0 Å². The number of nitrogens with two attached hydrogens (primary N) is 1. The SMILES string of the molecule is Cl.Cn1ncc(-c2ccc3c(=O)[nH]nc(CN)c3c2)c1N1C(=O)C2(CCCCC2)c2cccc(C3CC3)c21. The normalized spacial score (nSPS) is 18.2. The fraction of sp³-hybridized carbons (Fsp3) is 0.379. The number of amides is 1. The Hall–Kier alpha value is -3.49. The predicted octanol–water partition coefficient (Wildman–Crippen LogP) is 4.96. The maximum absolute atomic E-state index is 14.5. The Bertz CT molecular complexity index is 1630. The smallest absolute Gasteiger partial charge is 0.272 e. The maximum Gasteiger partial charge on any atom is 0.272 e. The molecule has 8 nitrogen and oxygen atoms in total. The number of rotatable bonds is 4. The second-order valence-corrected chi connectivity index (χ2v) is 10.8. The van der Waals surface area contributed by atoms with E-state index in [1.807, 2.05) is 35.0 Å². The summed E-state index contributed by atoms with van der Waals surface area (Å²) in [5, 5.41) is 12.6. The van der Waals surface area contributed by atoms with Gasteiger partial charge in [0.2, 0.25) is 5.91 Å². The third-order valence-corrected chi connectivity index (χ3v) is 8.63. The first-order valence-corrected chi connectivity index (χ1v) is 13.3. The number of benzene rings is 2. The van der Waals surface area contributed by atoms with E-state index in [2.05, 4.69) is 33.5 Å². The van der Waals surface area contributed by atoms with Crippen molar-refractivity contribution in [2.75, 3.05) is 4.90 Å². The van der Waals surface area contributed by atoms with Crippen LogP contribution < -0.4 is 16.2 Å². The van der Waals surface area contributed by atoms with Crippen LogP contribution in [0.15, 0.2) is 47.4 Å². The van der Waals surface area contributed by atoms with Gasteiger partial charge in [-0.2, -0.15) is 10.2 Å². The van der Waals surface area contributed by atoms with Gasteiger partial charge in [-0.3, -0.25) is 19.2 Å². The summed E-state index contributed by atoms with van der Waals surface area (Å²) in [7, 11) is 1.90. The summed E-state index contributed by atoms with van der Waals surface area (Å²) in [5.74, 6) is 1.45. The first-order chi connectivity index (χ1) is 18.0. The van der Waals surface area contributed by atoms with Gasteiger partial charge >= 0.3 is 0 Å². The lowest BCUT2D eigenvalue weighted by Crippen LogP contribution is -2.40. The van der Waals surface area contributed by atoms with Crippen molar-refractivity contribution in [1.82, 2.24) is 20.0 Å². The van der Waals surface area contributed by atoms with Gasteiger partial charge in [0.1, 0.15) is 5.82 Å². The molecule has 0 bridgehead atoms. The van der Waals surface area contributed by atoms with Gasteiger partial charge in [-0.15, -0.1) is 12.4 Å². The van der Waals surface area contributed by atoms with Crippen molar-refractivity contribution in [2.45, 2.75) is 62.8 Å². The molecule has 3 aliphatic rings. The average Bonchev–Trinajstić information content (AvgIpc) is 3.67. The molecule has 2 aromatic heterocycles. The van der Waals surface area contributed by atoms with Crippen molar-refractivity contribution in [3.63, 3.8) is 0 Å². The Morgan fingerprint density at radius 2 is 1.87 bits per heavy atom. The van der Waals surface area contributed by atoms with Gasteiger partial charge in [0.15, 0.2) is 0 Å². The third kappa shape index (κ3) is 3.47. The molecule has 2 fully saturated rings. The Labute approximate surface area is 226 Å². The number of nitrogens with one attached hydrogen (secondary N) is 1. The molecule has 0 saturated heterocycles. The number of fused-ring (bicyclic) bond motifs is 3. The number of hydrogen-bond acceptors (Lipinski definition) is 5. The summed E-state index contributed by atoms with van der Waals surface area (Å²) < 4.78 is 1.81. The molecular formula is C29H31ClN6O2. The number of hydrogen-bond donors (Lipinski definition) is 2. The minimum absolute atomic E-state index is 0. The lowest BCUT2D eigenvalue weighted by molar-refractivity contribution is -0.123. The van der Waals surface area contributed by atoms with Crippen LogP contribution >= 0.6 is 12.4 Å². The fourth-order valence-electron chi connectivity index (χ4n) is 6.63. The molecule has 0 unspecified atom stereocenters. The first kappa shape index (κ1) is 24.8. The van der Waals surface area contributed by atoms with Gasteiger partial charge in [0.25, 0.3) is 5.56 Å². The van der Waals surface area contributed by atoms with Crippen LogP contribution in [0.4, 0.5) is 11.5 Å². The molecule has 1 aliphatic heterocycles. The summed E-state index contributed by atoms with van der Waals surface area (Å²) in [6.45, 7) is 0.210. The minimum atomic E-state index is -0.465. The number of para-hydroxylation sites is 1. The van der Waals surface area contributed by atoms with E-state index in [-0.39, 0.29) is 30.4 Å². The summed E-state index contributed by atoms with van der Waals surface area (Å²) in [4.78, 5) is 28.9. The number of halogens is 1. The zero-order valence-corrected chi connectivity index (χ0v) is 22.2. The molecule has 0 radical (unpaired) electrons. The molecular weight excluding hydrogens is 500 g/mol. The van der Waals surface area contributed by atoms with E-state index >= 15 is 0 Å². The molecule has 38 heavy (non-hydrogen) atoms. The van der Waals surface area contributed by atoms with E-state index in [0.717, 1.165) is 61.2 Å². The highest BCUT2D eigenvalue weighted by Gasteiger charge is 2.54. The molecule has 1 spiro atoms. The van der Waals surface area contributed by atoms with Gasteiger partial charge in [-0.05, 0) is 60.4 Å². The number of aryl methyl sites for hydroxylation is 1. The van der Waals surface area contributed by atoms with Gasteiger partial charge in [-0.25, -0.2) is 5.10 Å². The highest BCUT2D eigenvalue weighted by Crippen LogP contribution is 2.57. The van der Waals surface area contributed by atoms with Crippen molar-refractivity contribution in [3.05, 3.63) is 69.8 Å². The zero-order chi connectivity index (χ0) is 25.3. The summed E-state index contributed by atoms with van der Waals surface area (Å²) >= 11 is 0. The van der Waals surface area contributed by atoms with Gasteiger partial charge in [-0.1, -0.05) is 43.5 Å². The van der Waals surface area contributed by atoms with Crippen LogP contribution in [0.2, 0.25) is 0 Å². The van der Waals surface area contributed by atoms with E-state index in [1.54, 1.807) is 6.07 Å². The Morgan fingerprint density at radius 3 is 2.61 bits per heavy atom. The second kappa shape index (κ2) is 9.06. The lowest BCUT2D eigenvalue weighted by atomic mass is 9.70. The monoisotopic (exact) mass is 530 g/mol. The molecule has 196 valence electrons. The van der Waals surface area contributed by atoms with E-state index in [4.69, 9.17) is 5.73 Å². The van der Waals surface area contributed by atoms with E-state index in [1.165, 1.54) is 17.5 Å². The Balaban J connectivity index is 0.00000264. The van der Waals surface area contributed by atoms with Crippen LogP contribution in [-0.4, -0.2) is 25.9 Å². The number of aromatic nitrogens is 4. The van der Waals surface area contributed by atoms with Crippen LogP contribution in [-0.2, 0) is 23.8 Å². The highest BCUT2D eigenvalue weighted by molar-refractivity contribution is 6.15. The average molecular weight is 531 g/mol. The standard InChI is InChI=1S/C29H30N6O2.ClH/c1-34-27(22(16-31-34)18-10-11-20-21(14-18)24(15-30)32-33-26(20)36)35-25-19(17-8-9-17)6-5-7-23(25)29(28(35)37)12-3-2-4-13-29;/h5-7,10-11,14,16-17H,2-4,8-9,12-13,15,30H2,1H3,(H,33,36);1H. The second-order valence-electron chi connectivity index (χ2n) is 10.8. The number of H-pyrrole nitrogens is 1. The highest BCUT2D eigenvalue weighted by atomic mass is 35.5. The van der Waals surface area contributed by atoms with E-state index < -0.39 is 5.41 Å². The predicted molar refractivity (Wildman–Crippen MR) is 150 cm³/mol. The molecule has 2 aliphatic carbocycles. The van der Waals surface area contributed by atoms with E-state index in [9.17, 15) is 9.59 Å². The van der Waals surface area contributed by atoms with Crippen LogP contribution in [0.25, 0.3) is 21.9 Å². The first-order valence-electron chi connectivity index (χ1n) is 13.3. The summed E-state index contributed by atoms with van der Waals surface area (Å²) in [6, 6.07) is 12.2. The molecule has 2 saturated carbocycles. The number of anilines is 2. The van der Waals surface area contributed by atoms with E-state index in [0.29, 0.717) is 22.4 Å². The quantitative estimate of drug-likeness (QED) is 0.387. The van der Waals surface area contributed by atoms with Crippen molar-refractivity contribution in [2.24, 2.45) is 12.8 Å². The van der Waals surface area contributed by atoms with Crippen molar-refractivity contribution < 1.29 is 4.79 Å².